The summed E-state index contributed by atoms with van der Waals surface area (Å²) in [5.74, 6) is 1.72. The fraction of sp³-hybridized carbons (Fsp3) is 0.400. The Morgan fingerprint density at radius 2 is 1.96 bits per heavy atom. The fourth-order valence-electron chi connectivity index (χ4n) is 3.18. The van der Waals surface area contributed by atoms with Crippen LogP contribution >= 0.6 is 0 Å². The van der Waals surface area contributed by atoms with Crippen LogP contribution < -0.4 is 19.7 Å². The van der Waals surface area contributed by atoms with Crippen LogP contribution in [0.5, 0.6) is 11.5 Å². The monoisotopic (exact) mass is 370 g/mol. The highest BCUT2D eigenvalue weighted by molar-refractivity contribution is 6.08. The third-order valence-corrected chi connectivity index (χ3v) is 4.71. The van der Waals surface area contributed by atoms with Gasteiger partial charge in [-0.25, -0.2) is 4.98 Å². The van der Waals surface area contributed by atoms with Crippen LogP contribution in [0.15, 0.2) is 36.5 Å². The molecule has 0 radical (unpaired) electrons. The molecule has 27 heavy (non-hydrogen) atoms. The number of hydrogen-bond donors (Lipinski definition) is 1. The van der Waals surface area contributed by atoms with Gasteiger partial charge >= 0.3 is 0 Å². The number of carbonyl (C=O) groups excluding carboxylic acids is 1. The first-order valence-corrected chi connectivity index (χ1v) is 9.04. The summed E-state index contributed by atoms with van der Waals surface area (Å²) in [5, 5.41) is 2.94. The van der Waals surface area contributed by atoms with Crippen LogP contribution in [-0.2, 0) is 0 Å². The van der Waals surface area contributed by atoms with Gasteiger partial charge in [-0.2, -0.15) is 0 Å². The van der Waals surface area contributed by atoms with Crippen molar-refractivity contribution in [2.75, 3.05) is 57.7 Å². The van der Waals surface area contributed by atoms with Gasteiger partial charge in [0.25, 0.3) is 5.91 Å². The lowest BCUT2D eigenvalue weighted by Crippen LogP contribution is -2.31. The van der Waals surface area contributed by atoms with E-state index < -0.39 is 0 Å². The number of ether oxygens (including phenoxy) is 2. The fourth-order valence-corrected chi connectivity index (χ4v) is 3.18. The molecule has 1 aromatic carbocycles. The number of nitrogens with one attached hydrogen (secondary N) is 1. The predicted molar refractivity (Wildman–Crippen MR) is 106 cm³/mol. The Morgan fingerprint density at radius 1 is 1.11 bits per heavy atom. The lowest BCUT2D eigenvalue weighted by atomic mass is 10.2. The van der Waals surface area contributed by atoms with Crippen molar-refractivity contribution >= 4 is 17.4 Å². The number of rotatable bonds is 5. The summed E-state index contributed by atoms with van der Waals surface area (Å²) in [6, 6.07) is 8.89. The Hall–Kier alpha value is -2.80. The summed E-state index contributed by atoms with van der Waals surface area (Å²) in [7, 11) is 5.27. The number of hydrogen-bond acceptors (Lipinski definition) is 6. The van der Waals surface area contributed by atoms with Gasteiger partial charge in [-0.15, -0.1) is 0 Å². The van der Waals surface area contributed by atoms with Crippen LogP contribution in [0.1, 0.15) is 16.8 Å². The zero-order valence-electron chi connectivity index (χ0n) is 16.1. The maximum absolute atomic E-state index is 13.0. The number of likely N-dealkylation sites (N-methyl/N-ethyl adjacent to an activating group) is 1. The molecule has 1 fully saturated rings. The lowest BCUT2D eigenvalue weighted by molar-refractivity contribution is 0.102. The predicted octanol–water partition coefficient (Wildman–Crippen LogP) is 2.49. The van der Waals surface area contributed by atoms with Crippen LogP contribution in [-0.4, -0.2) is 63.2 Å². The topological polar surface area (TPSA) is 66.9 Å². The quantitative estimate of drug-likeness (QED) is 0.872. The zero-order valence-corrected chi connectivity index (χ0v) is 16.1. The second kappa shape index (κ2) is 8.73. The molecule has 0 unspecified atom stereocenters. The molecule has 1 N–H and O–H groups in total. The third kappa shape index (κ3) is 4.49. The SMILES string of the molecule is COc1ccc(NC(=O)c2cccnc2N2CCCN(C)CC2)c(OC)c1. The van der Waals surface area contributed by atoms with Crippen molar-refractivity contribution in [3.63, 3.8) is 0 Å². The van der Waals surface area contributed by atoms with E-state index in [0.717, 1.165) is 38.4 Å². The first kappa shape index (κ1) is 19.0. The van der Waals surface area contributed by atoms with Crippen LogP contribution in [0.4, 0.5) is 11.5 Å². The maximum atomic E-state index is 13.0. The highest BCUT2D eigenvalue weighted by Crippen LogP contribution is 2.30. The van der Waals surface area contributed by atoms with E-state index in [4.69, 9.17) is 9.47 Å². The molecular formula is C20H26N4O3. The van der Waals surface area contributed by atoms with Crippen molar-refractivity contribution in [2.45, 2.75) is 6.42 Å². The second-order valence-corrected chi connectivity index (χ2v) is 6.54. The number of amides is 1. The van der Waals surface area contributed by atoms with Gasteiger partial charge in [-0.1, -0.05) is 0 Å². The molecule has 1 saturated heterocycles. The Bertz CT molecular complexity index is 797. The molecular weight excluding hydrogens is 344 g/mol. The number of anilines is 2. The van der Waals surface area contributed by atoms with Gasteiger partial charge in [0.1, 0.15) is 17.3 Å². The molecule has 1 aliphatic rings. The molecule has 1 aromatic heterocycles. The normalized spacial score (nSPS) is 15.1. The van der Waals surface area contributed by atoms with Crippen LogP contribution in [0, 0.1) is 0 Å². The van der Waals surface area contributed by atoms with E-state index in [1.165, 1.54) is 0 Å². The number of pyridine rings is 1. The first-order valence-electron chi connectivity index (χ1n) is 9.04. The van der Waals surface area contributed by atoms with E-state index in [0.29, 0.717) is 22.7 Å². The minimum absolute atomic E-state index is 0.209. The molecule has 1 amide bonds. The number of methoxy groups -OCH3 is 2. The minimum atomic E-state index is -0.209. The molecule has 0 atom stereocenters. The number of aromatic nitrogens is 1. The minimum Gasteiger partial charge on any atom is -0.497 e. The van der Waals surface area contributed by atoms with Gasteiger partial charge in [0.2, 0.25) is 0 Å². The van der Waals surface area contributed by atoms with Crippen molar-refractivity contribution in [3.8, 4) is 11.5 Å². The van der Waals surface area contributed by atoms with Gasteiger partial charge in [0, 0.05) is 31.9 Å². The molecule has 0 bridgehead atoms. The second-order valence-electron chi connectivity index (χ2n) is 6.54. The van der Waals surface area contributed by atoms with E-state index in [-0.39, 0.29) is 5.91 Å². The highest BCUT2D eigenvalue weighted by Gasteiger charge is 2.21. The van der Waals surface area contributed by atoms with E-state index in [1.54, 1.807) is 44.7 Å². The van der Waals surface area contributed by atoms with Gasteiger partial charge in [0.05, 0.1) is 25.5 Å². The standard InChI is InChI=1S/C20H26N4O3/c1-23-10-5-11-24(13-12-23)19-16(6-4-9-21-19)20(25)22-17-8-7-15(26-2)14-18(17)27-3/h4,6-9,14H,5,10-13H2,1-3H3,(H,22,25). The maximum Gasteiger partial charge on any atom is 0.259 e. The number of carbonyl (C=O) groups is 1. The van der Waals surface area contributed by atoms with Crippen LogP contribution in [0.2, 0.25) is 0 Å². The van der Waals surface area contributed by atoms with Crippen molar-refractivity contribution < 1.29 is 14.3 Å². The van der Waals surface area contributed by atoms with E-state index in [1.807, 2.05) is 6.07 Å². The Kier molecular flexibility index (Phi) is 6.13. The summed E-state index contributed by atoms with van der Waals surface area (Å²) in [6.07, 6.45) is 2.77. The molecule has 2 heterocycles. The summed E-state index contributed by atoms with van der Waals surface area (Å²) >= 11 is 0. The van der Waals surface area contributed by atoms with E-state index >= 15 is 0 Å². The van der Waals surface area contributed by atoms with Crippen molar-refractivity contribution in [1.29, 1.82) is 0 Å². The molecule has 0 aliphatic carbocycles. The Labute approximate surface area is 159 Å². The number of benzene rings is 1. The van der Waals surface area contributed by atoms with Crippen LogP contribution in [0.25, 0.3) is 0 Å². The van der Waals surface area contributed by atoms with Gasteiger partial charge < -0.3 is 24.6 Å². The molecule has 3 rings (SSSR count). The number of nitrogens with zero attached hydrogens (tertiary/aromatic N) is 3. The largest absolute Gasteiger partial charge is 0.497 e. The van der Waals surface area contributed by atoms with Crippen molar-refractivity contribution in [1.82, 2.24) is 9.88 Å². The lowest BCUT2D eigenvalue weighted by Gasteiger charge is -2.24. The highest BCUT2D eigenvalue weighted by atomic mass is 16.5. The zero-order chi connectivity index (χ0) is 19.2. The summed E-state index contributed by atoms with van der Waals surface area (Å²) in [4.78, 5) is 22.0. The van der Waals surface area contributed by atoms with Crippen molar-refractivity contribution in [3.05, 3.63) is 42.1 Å². The third-order valence-electron chi connectivity index (χ3n) is 4.71. The molecule has 7 nitrogen and oxygen atoms in total. The van der Waals surface area contributed by atoms with Crippen LogP contribution in [0.3, 0.4) is 0 Å². The average molecular weight is 370 g/mol. The van der Waals surface area contributed by atoms with Gasteiger partial charge in [-0.05, 0) is 44.3 Å². The summed E-state index contributed by atoms with van der Waals surface area (Å²) in [5.41, 5.74) is 1.15. The summed E-state index contributed by atoms with van der Waals surface area (Å²) < 4.78 is 10.6. The average Bonchev–Trinajstić information content (AvgIpc) is 2.92. The first-order chi connectivity index (χ1) is 13.1. The smallest absolute Gasteiger partial charge is 0.259 e. The molecule has 144 valence electrons. The molecule has 1 aliphatic heterocycles. The molecule has 7 heteroatoms. The van der Waals surface area contributed by atoms with Gasteiger partial charge in [-0.3, -0.25) is 4.79 Å². The Morgan fingerprint density at radius 3 is 2.74 bits per heavy atom. The molecule has 0 saturated carbocycles. The van der Waals surface area contributed by atoms with E-state index in [9.17, 15) is 4.79 Å². The van der Waals surface area contributed by atoms with Gasteiger partial charge in [0.15, 0.2) is 0 Å². The summed E-state index contributed by atoms with van der Waals surface area (Å²) in [6.45, 7) is 3.73. The van der Waals surface area contributed by atoms with Crippen molar-refractivity contribution in [2.24, 2.45) is 0 Å². The molecule has 0 spiro atoms. The Balaban J connectivity index is 1.83. The van der Waals surface area contributed by atoms with E-state index in [2.05, 4.69) is 27.1 Å². The molecule has 2 aromatic rings.